The average Bonchev–Trinajstić information content (AvgIpc) is 2.88. The number of rotatable bonds is 3. The Balaban J connectivity index is 1.70. The van der Waals surface area contributed by atoms with Crippen molar-refractivity contribution in [2.45, 2.75) is 45.2 Å². The number of likely N-dealkylation sites (tertiary alicyclic amines) is 1. The maximum Gasteiger partial charge on any atom is 0.350 e. The summed E-state index contributed by atoms with van der Waals surface area (Å²) in [7, 11) is 0. The summed E-state index contributed by atoms with van der Waals surface area (Å²) >= 11 is 7.27. The molecule has 2 heterocycles. The monoisotopic (exact) mass is 383 g/mol. The van der Waals surface area contributed by atoms with E-state index in [0.29, 0.717) is 10.1 Å². The molecule has 2 aromatic rings. The normalized spacial score (nSPS) is 20.7. The summed E-state index contributed by atoms with van der Waals surface area (Å²) in [6.45, 7) is 3.70. The van der Waals surface area contributed by atoms with Crippen molar-refractivity contribution in [1.82, 2.24) is 4.90 Å². The molecule has 7 heteroatoms. The standard InChI is InChI=1S/C18H19ClFNO3S/c1-10-4-3-5-11(2)21(10)15(22)9-24-18(23)17-16(19)13-7-6-12(20)8-14(13)25-17/h6-8,10-11H,3-5,9H2,1-2H3. The van der Waals surface area contributed by atoms with Crippen molar-refractivity contribution >= 4 is 44.9 Å². The van der Waals surface area contributed by atoms with Crippen LogP contribution in [-0.2, 0) is 9.53 Å². The van der Waals surface area contributed by atoms with E-state index in [1.807, 2.05) is 13.8 Å². The number of piperidine rings is 1. The second kappa shape index (κ2) is 7.30. The number of carbonyl (C=O) groups excluding carboxylic acids is 2. The number of fused-ring (bicyclic) bond motifs is 1. The Kier molecular flexibility index (Phi) is 5.29. The molecule has 0 aliphatic carbocycles. The number of thiophene rings is 1. The maximum atomic E-state index is 13.3. The lowest BCUT2D eigenvalue weighted by Gasteiger charge is -2.38. The number of halogens is 2. The van der Waals surface area contributed by atoms with Crippen LogP contribution in [0.3, 0.4) is 0 Å². The zero-order chi connectivity index (χ0) is 18.1. The highest BCUT2D eigenvalue weighted by molar-refractivity contribution is 7.21. The summed E-state index contributed by atoms with van der Waals surface area (Å²) in [5.41, 5.74) is 0. The number of carbonyl (C=O) groups is 2. The molecule has 1 aromatic carbocycles. The third-order valence-corrected chi connectivity index (χ3v) is 6.22. The van der Waals surface area contributed by atoms with Gasteiger partial charge in [0, 0.05) is 22.2 Å². The van der Waals surface area contributed by atoms with Crippen LogP contribution in [-0.4, -0.2) is 35.5 Å². The maximum absolute atomic E-state index is 13.3. The minimum absolute atomic E-state index is 0.144. The molecule has 1 fully saturated rings. The Bertz CT molecular complexity index is 812. The molecule has 134 valence electrons. The molecule has 0 spiro atoms. The Hall–Kier alpha value is -1.66. The second-order valence-corrected chi connectivity index (χ2v) is 7.82. The van der Waals surface area contributed by atoms with Gasteiger partial charge in [0.1, 0.15) is 10.7 Å². The SMILES string of the molecule is CC1CCCC(C)N1C(=O)COC(=O)c1sc2cc(F)ccc2c1Cl. The van der Waals surface area contributed by atoms with Gasteiger partial charge < -0.3 is 9.64 Å². The summed E-state index contributed by atoms with van der Waals surface area (Å²) in [4.78, 5) is 26.7. The quantitative estimate of drug-likeness (QED) is 0.725. The van der Waals surface area contributed by atoms with E-state index in [9.17, 15) is 14.0 Å². The number of hydrogen-bond donors (Lipinski definition) is 0. The van der Waals surface area contributed by atoms with Gasteiger partial charge >= 0.3 is 5.97 Å². The van der Waals surface area contributed by atoms with Gasteiger partial charge in [-0.2, -0.15) is 0 Å². The summed E-state index contributed by atoms with van der Waals surface area (Å²) in [6.07, 6.45) is 3.01. The molecule has 4 nitrogen and oxygen atoms in total. The van der Waals surface area contributed by atoms with E-state index < -0.39 is 11.8 Å². The van der Waals surface area contributed by atoms with E-state index >= 15 is 0 Å². The molecule has 1 aromatic heterocycles. The predicted molar refractivity (Wildman–Crippen MR) is 96.7 cm³/mol. The molecule has 3 rings (SSSR count). The third-order valence-electron chi connectivity index (χ3n) is 4.59. The summed E-state index contributed by atoms with van der Waals surface area (Å²) in [6, 6.07) is 4.43. The molecule has 1 saturated heterocycles. The van der Waals surface area contributed by atoms with Crippen molar-refractivity contribution in [3.63, 3.8) is 0 Å². The molecule has 1 aliphatic heterocycles. The third kappa shape index (κ3) is 3.65. The number of hydrogen-bond acceptors (Lipinski definition) is 4. The van der Waals surface area contributed by atoms with E-state index in [2.05, 4.69) is 0 Å². The van der Waals surface area contributed by atoms with Crippen LogP contribution in [0.5, 0.6) is 0 Å². The number of nitrogens with zero attached hydrogens (tertiary/aromatic N) is 1. The second-order valence-electron chi connectivity index (χ2n) is 6.39. The van der Waals surface area contributed by atoms with Crippen LogP contribution in [0.4, 0.5) is 4.39 Å². The fourth-order valence-corrected chi connectivity index (χ4v) is 4.78. The molecular formula is C18H19ClFNO3S. The highest BCUT2D eigenvalue weighted by Crippen LogP contribution is 2.36. The molecule has 0 N–H and O–H groups in total. The largest absolute Gasteiger partial charge is 0.451 e. The number of esters is 1. The van der Waals surface area contributed by atoms with Gasteiger partial charge in [-0.3, -0.25) is 4.79 Å². The van der Waals surface area contributed by atoms with Gasteiger partial charge in [0.25, 0.3) is 5.91 Å². The first kappa shape index (κ1) is 18.1. The zero-order valence-corrected chi connectivity index (χ0v) is 15.6. The molecule has 0 bridgehead atoms. The fraction of sp³-hybridized carbons (Fsp3) is 0.444. The van der Waals surface area contributed by atoms with Crippen LogP contribution in [0.15, 0.2) is 18.2 Å². The summed E-state index contributed by atoms with van der Waals surface area (Å²) in [5, 5.41) is 0.835. The molecular weight excluding hydrogens is 365 g/mol. The van der Waals surface area contributed by atoms with Gasteiger partial charge in [0.2, 0.25) is 0 Å². The lowest BCUT2D eigenvalue weighted by atomic mass is 9.97. The Labute approximate surface area is 154 Å². The first-order chi connectivity index (χ1) is 11.9. The van der Waals surface area contributed by atoms with Crippen LogP contribution < -0.4 is 0 Å². The van der Waals surface area contributed by atoms with E-state index in [1.165, 1.54) is 18.2 Å². The van der Waals surface area contributed by atoms with Gasteiger partial charge in [0.05, 0.1) is 5.02 Å². The number of amides is 1. The van der Waals surface area contributed by atoms with Crippen LogP contribution in [0, 0.1) is 5.82 Å². The van der Waals surface area contributed by atoms with Crippen molar-refractivity contribution in [1.29, 1.82) is 0 Å². The number of ether oxygens (including phenoxy) is 1. The lowest BCUT2D eigenvalue weighted by Crippen LogP contribution is -2.49. The topological polar surface area (TPSA) is 46.6 Å². The average molecular weight is 384 g/mol. The van der Waals surface area contributed by atoms with Crippen LogP contribution in [0.1, 0.15) is 42.8 Å². The van der Waals surface area contributed by atoms with E-state index in [-0.39, 0.29) is 34.5 Å². The molecule has 25 heavy (non-hydrogen) atoms. The summed E-state index contributed by atoms with van der Waals surface area (Å²) in [5.74, 6) is -1.25. The van der Waals surface area contributed by atoms with Crippen LogP contribution >= 0.6 is 22.9 Å². The first-order valence-corrected chi connectivity index (χ1v) is 9.43. The van der Waals surface area contributed by atoms with E-state index in [1.54, 1.807) is 4.90 Å². The van der Waals surface area contributed by atoms with Crippen molar-refractivity contribution in [2.24, 2.45) is 0 Å². The lowest BCUT2D eigenvalue weighted by molar-refractivity contribution is -0.140. The minimum atomic E-state index is -0.655. The van der Waals surface area contributed by atoms with E-state index in [4.69, 9.17) is 16.3 Å². The van der Waals surface area contributed by atoms with Crippen molar-refractivity contribution < 1.29 is 18.7 Å². The highest BCUT2D eigenvalue weighted by atomic mass is 35.5. The summed E-state index contributed by atoms with van der Waals surface area (Å²) < 4.78 is 19.1. The van der Waals surface area contributed by atoms with Crippen LogP contribution in [0.25, 0.3) is 10.1 Å². The van der Waals surface area contributed by atoms with Gasteiger partial charge in [0.15, 0.2) is 6.61 Å². The zero-order valence-electron chi connectivity index (χ0n) is 14.1. The highest BCUT2D eigenvalue weighted by Gasteiger charge is 2.30. The predicted octanol–water partition coefficient (Wildman–Crippen LogP) is 4.64. The fourth-order valence-electron chi connectivity index (χ4n) is 3.35. The van der Waals surface area contributed by atoms with Gasteiger partial charge in [-0.05, 0) is 51.3 Å². The molecule has 0 radical (unpaired) electrons. The number of benzene rings is 1. The van der Waals surface area contributed by atoms with Crippen LogP contribution in [0.2, 0.25) is 5.02 Å². The van der Waals surface area contributed by atoms with Gasteiger partial charge in [-0.15, -0.1) is 11.3 Å². The van der Waals surface area contributed by atoms with Crippen molar-refractivity contribution in [3.05, 3.63) is 33.9 Å². The van der Waals surface area contributed by atoms with Gasteiger partial charge in [-0.25, -0.2) is 9.18 Å². The molecule has 2 atom stereocenters. The molecule has 0 saturated carbocycles. The Morgan fingerprint density at radius 2 is 2.00 bits per heavy atom. The Morgan fingerprint density at radius 1 is 1.32 bits per heavy atom. The molecule has 1 aliphatic rings. The smallest absolute Gasteiger partial charge is 0.350 e. The van der Waals surface area contributed by atoms with E-state index in [0.717, 1.165) is 30.6 Å². The van der Waals surface area contributed by atoms with Crippen molar-refractivity contribution in [3.8, 4) is 0 Å². The molecule has 2 unspecified atom stereocenters. The minimum Gasteiger partial charge on any atom is -0.451 e. The van der Waals surface area contributed by atoms with Gasteiger partial charge in [-0.1, -0.05) is 11.6 Å². The molecule has 1 amide bonds. The Morgan fingerprint density at radius 3 is 2.68 bits per heavy atom. The first-order valence-electron chi connectivity index (χ1n) is 8.24. The van der Waals surface area contributed by atoms with Crippen molar-refractivity contribution in [2.75, 3.05) is 6.61 Å².